The van der Waals surface area contributed by atoms with Gasteiger partial charge in [-0.1, -0.05) is 46.3 Å². The molecule has 2 aromatic carbocycles. The van der Waals surface area contributed by atoms with Gasteiger partial charge in [0.1, 0.15) is 0 Å². The maximum atomic E-state index is 11.5. The van der Waals surface area contributed by atoms with Gasteiger partial charge in [0.05, 0.1) is 6.04 Å². The van der Waals surface area contributed by atoms with Crippen molar-refractivity contribution in [1.82, 2.24) is 9.88 Å². The SMILES string of the molecule is O=CN1CCc2c([nH]c3ccc(Br)cc23)C1c1ccccc1. The Balaban J connectivity index is 1.95. The maximum absolute atomic E-state index is 11.5. The second kappa shape index (κ2) is 5.29. The van der Waals surface area contributed by atoms with Crippen LogP contribution in [0.2, 0.25) is 0 Å². The first-order chi connectivity index (χ1) is 10.8. The average Bonchev–Trinajstić information content (AvgIpc) is 2.92. The first-order valence-corrected chi connectivity index (χ1v) is 8.13. The summed E-state index contributed by atoms with van der Waals surface area (Å²) in [6, 6.07) is 16.5. The van der Waals surface area contributed by atoms with Crippen molar-refractivity contribution in [3.8, 4) is 0 Å². The molecule has 110 valence electrons. The van der Waals surface area contributed by atoms with Crippen molar-refractivity contribution in [2.45, 2.75) is 12.5 Å². The Bertz CT molecular complexity index is 841. The van der Waals surface area contributed by atoms with Crippen LogP contribution in [-0.2, 0) is 11.2 Å². The number of nitrogens with one attached hydrogen (secondary N) is 1. The first-order valence-electron chi connectivity index (χ1n) is 7.34. The summed E-state index contributed by atoms with van der Waals surface area (Å²) in [7, 11) is 0. The molecule has 22 heavy (non-hydrogen) atoms. The highest BCUT2D eigenvalue weighted by Gasteiger charge is 2.30. The number of amides is 1. The van der Waals surface area contributed by atoms with Crippen LogP contribution >= 0.6 is 15.9 Å². The van der Waals surface area contributed by atoms with Crippen molar-refractivity contribution < 1.29 is 4.79 Å². The van der Waals surface area contributed by atoms with Gasteiger partial charge in [-0.3, -0.25) is 4.79 Å². The molecule has 1 aliphatic heterocycles. The number of hydrogen-bond donors (Lipinski definition) is 1. The van der Waals surface area contributed by atoms with Gasteiger partial charge in [0.2, 0.25) is 6.41 Å². The van der Waals surface area contributed by atoms with Gasteiger partial charge in [-0.2, -0.15) is 0 Å². The van der Waals surface area contributed by atoms with E-state index in [1.54, 1.807) is 0 Å². The van der Waals surface area contributed by atoms with E-state index in [0.717, 1.165) is 40.6 Å². The molecule has 4 rings (SSSR count). The largest absolute Gasteiger partial charge is 0.356 e. The molecule has 0 saturated heterocycles. The second-order valence-corrected chi connectivity index (χ2v) is 6.53. The zero-order valence-corrected chi connectivity index (χ0v) is 13.5. The van der Waals surface area contributed by atoms with E-state index in [2.05, 4.69) is 45.2 Å². The van der Waals surface area contributed by atoms with Crippen molar-refractivity contribution in [3.63, 3.8) is 0 Å². The molecule has 1 aromatic heterocycles. The fraction of sp³-hybridized carbons (Fsp3) is 0.167. The van der Waals surface area contributed by atoms with E-state index in [1.807, 2.05) is 29.2 Å². The summed E-state index contributed by atoms with van der Waals surface area (Å²) in [6.45, 7) is 0.746. The van der Waals surface area contributed by atoms with Gasteiger partial charge < -0.3 is 9.88 Å². The zero-order chi connectivity index (χ0) is 15.1. The Kier molecular flexibility index (Phi) is 3.26. The molecule has 3 nitrogen and oxygen atoms in total. The Morgan fingerprint density at radius 2 is 2.00 bits per heavy atom. The Hall–Kier alpha value is -2.07. The third-order valence-corrected chi connectivity index (χ3v) is 4.87. The third kappa shape index (κ3) is 2.06. The second-order valence-electron chi connectivity index (χ2n) is 5.61. The molecule has 4 heteroatoms. The smallest absolute Gasteiger partial charge is 0.210 e. The minimum Gasteiger partial charge on any atom is -0.356 e. The molecular formula is C18H15BrN2O. The highest BCUT2D eigenvalue weighted by molar-refractivity contribution is 9.10. The molecule has 1 aliphatic rings. The number of rotatable bonds is 2. The summed E-state index contributed by atoms with van der Waals surface area (Å²) in [6.07, 6.45) is 1.84. The third-order valence-electron chi connectivity index (χ3n) is 4.38. The number of H-pyrrole nitrogens is 1. The minimum absolute atomic E-state index is 0.0337. The number of fused-ring (bicyclic) bond motifs is 3. The topological polar surface area (TPSA) is 36.1 Å². The van der Waals surface area contributed by atoms with Crippen molar-refractivity contribution >= 4 is 33.2 Å². The quantitative estimate of drug-likeness (QED) is 0.692. The summed E-state index contributed by atoms with van der Waals surface area (Å²) in [5.41, 5.74) is 4.73. The molecular weight excluding hydrogens is 340 g/mol. The fourth-order valence-corrected chi connectivity index (χ4v) is 3.75. The summed E-state index contributed by atoms with van der Waals surface area (Å²) in [5, 5.41) is 1.25. The van der Waals surface area contributed by atoms with Gasteiger partial charge in [0, 0.05) is 27.6 Å². The first kappa shape index (κ1) is 13.6. The van der Waals surface area contributed by atoms with Crippen LogP contribution in [0.1, 0.15) is 22.9 Å². The number of hydrogen-bond acceptors (Lipinski definition) is 1. The van der Waals surface area contributed by atoms with E-state index in [4.69, 9.17) is 0 Å². The van der Waals surface area contributed by atoms with Gasteiger partial charge in [0.15, 0.2) is 0 Å². The number of carbonyl (C=O) groups excluding carboxylic acids is 1. The van der Waals surface area contributed by atoms with Crippen LogP contribution in [0, 0.1) is 0 Å². The van der Waals surface area contributed by atoms with E-state index >= 15 is 0 Å². The van der Waals surface area contributed by atoms with Gasteiger partial charge >= 0.3 is 0 Å². The predicted octanol–water partition coefficient (Wildman–Crippen LogP) is 4.03. The number of benzene rings is 2. The van der Waals surface area contributed by atoms with Gasteiger partial charge in [0.25, 0.3) is 0 Å². The average molecular weight is 355 g/mol. The van der Waals surface area contributed by atoms with Crippen molar-refractivity contribution in [2.24, 2.45) is 0 Å². The lowest BCUT2D eigenvalue weighted by Crippen LogP contribution is -2.34. The lowest BCUT2D eigenvalue weighted by atomic mass is 9.93. The summed E-state index contributed by atoms with van der Waals surface area (Å²) in [4.78, 5) is 16.9. The number of nitrogens with zero attached hydrogens (tertiary/aromatic N) is 1. The summed E-state index contributed by atoms with van der Waals surface area (Å²) < 4.78 is 1.08. The van der Waals surface area contributed by atoms with Crippen LogP contribution in [0.3, 0.4) is 0 Å². The fourth-order valence-electron chi connectivity index (χ4n) is 3.39. The highest BCUT2D eigenvalue weighted by Crippen LogP contribution is 2.38. The molecule has 0 fully saturated rings. The maximum Gasteiger partial charge on any atom is 0.210 e. The summed E-state index contributed by atoms with van der Waals surface area (Å²) >= 11 is 3.55. The van der Waals surface area contributed by atoms with E-state index in [0.29, 0.717) is 0 Å². The number of carbonyl (C=O) groups is 1. The van der Waals surface area contributed by atoms with Gasteiger partial charge in [-0.15, -0.1) is 0 Å². The van der Waals surface area contributed by atoms with Gasteiger partial charge in [-0.25, -0.2) is 0 Å². The molecule has 1 amide bonds. The lowest BCUT2D eigenvalue weighted by Gasteiger charge is -2.33. The van der Waals surface area contributed by atoms with Crippen molar-refractivity contribution in [1.29, 1.82) is 0 Å². The molecule has 0 bridgehead atoms. The van der Waals surface area contributed by atoms with Crippen LogP contribution in [0.25, 0.3) is 10.9 Å². The monoisotopic (exact) mass is 354 g/mol. The molecule has 1 atom stereocenters. The van der Waals surface area contributed by atoms with Crippen LogP contribution in [0.4, 0.5) is 0 Å². The van der Waals surface area contributed by atoms with E-state index in [9.17, 15) is 4.79 Å². The molecule has 0 saturated carbocycles. The number of halogens is 1. The minimum atomic E-state index is -0.0337. The molecule has 0 spiro atoms. The van der Waals surface area contributed by atoms with E-state index in [1.165, 1.54) is 10.9 Å². The highest BCUT2D eigenvalue weighted by atomic mass is 79.9. The van der Waals surface area contributed by atoms with Crippen molar-refractivity contribution in [3.05, 3.63) is 69.8 Å². The molecule has 1 unspecified atom stereocenters. The van der Waals surface area contributed by atoms with Crippen LogP contribution in [0.5, 0.6) is 0 Å². The van der Waals surface area contributed by atoms with Gasteiger partial charge in [-0.05, 0) is 35.7 Å². The molecule has 0 radical (unpaired) electrons. The number of aromatic amines is 1. The Labute approximate surface area is 137 Å². The normalized spacial score (nSPS) is 17.5. The molecule has 1 N–H and O–H groups in total. The zero-order valence-electron chi connectivity index (χ0n) is 11.9. The Morgan fingerprint density at radius 1 is 1.18 bits per heavy atom. The van der Waals surface area contributed by atoms with Crippen molar-refractivity contribution in [2.75, 3.05) is 6.54 Å². The Morgan fingerprint density at radius 3 is 2.77 bits per heavy atom. The molecule has 2 heterocycles. The molecule has 3 aromatic rings. The summed E-state index contributed by atoms with van der Waals surface area (Å²) in [5.74, 6) is 0. The van der Waals surface area contributed by atoms with Crippen LogP contribution in [-0.4, -0.2) is 22.8 Å². The van der Waals surface area contributed by atoms with E-state index in [-0.39, 0.29) is 6.04 Å². The predicted molar refractivity (Wildman–Crippen MR) is 90.8 cm³/mol. The van der Waals surface area contributed by atoms with Crippen LogP contribution in [0.15, 0.2) is 53.0 Å². The van der Waals surface area contributed by atoms with Crippen LogP contribution < -0.4 is 0 Å². The van der Waals surface area contributed by atoms with E-state index < -0.39 is 0 Å². The molecule has 0 aliphatic carbocycles. The standard InChI is InChI=1S/C18H15BrN2O/c19-13-6-7-16-15(10-13)14-8-9-21(11-22)18(17(14)20-16)12-4-2-1-3-5-12/h1-7,10-11,18,20H,8-9H2. The lowest BCUT2D eigenvalue weighted by molar-refractivity contribution is -0.120. The number of aromatic nitrogens is 1.